The summed E-state index contributed by atoms with van der Waals surface area (Å²) < 4.78 is 26.6. The molecule has 0 bridgehead atoms. The smallest absolute Gasteiger partial charge is 0.230 e. The Balaban J connectivity index is 1.79. The maximum Gasteiger partial charge on any atom is 0.230 e. The highest BCUT2D eigenvalue weighted by molar-refractivity contribution is 8.00. The standard InChI is InChI=1S/C20H24F2N2OS/c1-3-24(4-2)13-16-7-5-15(6-8-16)12-23-20(25)14-26-19-11-17(21)9-10-18(19)22/h5-11H,3-4,12-14H2,1-2H3,(H,23,25). The summed E-state index contributed by atoms with van der Waals surface area (Å²) in [5, 5.41) is 2.80. The van der Waals surface area contributed by atoms with Crippen molar-refractivity contribution in [3.8, 4) is 0 Å². The molecule has 0 unspecified atom stereocenters. The van der Waals surface area contributed by atoms with E-state index in [0.717, 1.165) is 55.2 Å². The molecule has 0 saturated heterocycles. The molecular weight excluding hydrogens is 354 g/mol. The van der Waals surface area contributed by atoms with Gasteiger partial charge in [-0.2, -0.15) is 0 Å². The number of halogens is 2. The van der Waals surface area contributed by atoms with Crippen LogP contribution in [0.25, 0.3) is 0 Å². The number of hydrogen-bond donors (Lipinski definition) is 1. The van der Waals surface area contributed by atoms with Gasteiger partial charge in [0.15, 0.2) is 0 Å². The van der Waals surface area contributed by atoms with Crippen LogP contribution in [0.2, 0.25) is 0 Å². The molecule has 2 aromatic rings. The van der Waals surface area contributed by atoms with Crippen LogP contribution in [0.4, 0.5) is 8.78 Å². The molecule has 26 heavy (non-hydrogen) atoms. The van der Waals surface area contributed by atoms with E-state index in [2.05, 4.69) is 36.2 Å². The van der Waals surface area contributed by atoms with Crippen molar-refractivity contribution in [2.24, 2.45) is 0 Å². The minimum atomic E-state index is -0.520. The molecule has 0 heterocycles. The Morgan fingerprint density at radius 1 is 1.04 bits per heavy atom. The van der Waals surface area contributed by atoms with Crippen LogP contribution in [-0.2, 0) is 17.9 Å². The van der Waals surface area contributed by atoms with Crippen molar-refractivity contribution in [1.29, 1.82) is 0 Å². The molecule has 2 aromatic carbocycles. The number of thioether (sulfide) groups is 1. The summed E-state index contributed by atoms with van der Waals surface area (Å²) in [6, 6.07) is 11.4. The monoisotopic (exact) mass is 378 g/mol. The highest BCUT2D eigenvalue weighted by atomic mass is 32.2. The second-order valence-electron chi connectivity index (χ2n) is 5.92. The van der Waals surface area contributed by atoms with E-state index in [0.29, 0.717) is 6.54 Å². The van der Waals surface area contributed by atoms with Gasteiger partial charge in [-0.1, -0.05) is 38.1 Å². The minimum absolute atomic E-state index is 0.0421. The molecule has 0 saturated carbocycles. The number of benzene rings is 2. The molecule has 0 spiro atoms. The number of carbonyl (C=O) groups excluding carboxylic acids is 1. The summed E-state index contributed by atoms with van der Waals surface area (Å²) in [5.74, 6) is -1.21. The Labute approximate surface area is 157 Å². The number of carbonyl (C=O) groups is 1. The van der Waals surface area contributed by atoms with E-state index in [4.69, 9.17) is 0 Å². The second-order valence-corrected chi connectivity index (χ2v) is 6.94. The predicted octanol–water partition coefficient (Wildman–Crippen LogP) is 4.22. The zero-order valence-electron chi connectivity index (χ0n) is 15.1. The van der Waals surface area contributed by atoms with Gasteiger partial charge < -0.3 is 5.32 Å². The van der Waals surface area contributed by atoms with Gasteiger partial charge in [0.2, 0.25) is 5.91 Å². The fourth-order valence-electron chi connectivity index (χ4n) is 2.45. The van der Waals surface area contributed by atoms with E-state index >= 15 is 0 Å². The normalized spacial score (nSPS) is 11.0. The van der Waals surface area contributed by atoms with Crippen molar-refractivity contribution >= 4 is 17.7 Å². The largest absolute Gasteiger partial charge is 0.351 e. The summed E-state index contributed by atoms with van der Waals surface area (Å²) in [4.78, 5) is 14.4. The van der Waals surface area contributed by atoms with Crippen LogP contribution in [0.3, 0.4) is 0 Å². The van der Waals surface area contributed by atoms with Crippen molar-refractivity contribution in [2.45, 2.75) is 31.8 Å². The maximum atomic E-state index is 13.5. The van der Waals surface area contributed by atoms with Crippen molar-refractivity contribution in [3.63, 3.8) is 0 Å². The van der Waals surface area contributed by atoms with Crippen LogP contribution < -0.4 is 5.32 Å². The lowest BCUT2D eigenvalue weighted by Crippen LogP contribution is -2.24. The van der Waals surface area contributed by atoms with Gasteiger partial charge >= 0.3 is 0 Å². The molecule has 1 amide bonds. The van der Waals surface area contributed by atoms with Gasteiger partial charge in [0.25, 0.3) is 0 Å². The van der Waals surface area contributed by atoms with E-state index in [1.165, 1.54) is 5.56 Å². The fourth-order valence-corrected chi connectivity index (χ4v) is 3.24. The summed E-state index contributed by atoms with van der Waals surface area (Å²) in [6.07, 6.45) is 0. The first-order chi connectivity index (χ1) is 12.5. The van der Waals surface area contributed by atoms with Gasteiger partial charge in [-0.05, 0) is 42.4 Å². The number of nitrogens with one attached hydrogen (secondary N) is 1. The van der Waals surface area contributed by atoms with E-state index in [1.807, 2.05) is 12.1 Å². The molecular formula is C20H24F2N2OS. The van der Waals surface area contributed by atoms with E-state index < -0.39 is 11.6 Å². The van der Waals surface area contributed by atoms with Crippen molar-refractivity contribution in [2.75, 3.05) is 18.8 Å². The van der Waals surface area contributed by atoms with Gasteiger partial charge in [-0.3, -0.25) is 9.69 Å². The summed E-state index contributed by atoms with van der Waals surface area (Å²) >= 11 is 0.986. The number of rotatable bonds is 9. The zero-order chi connectivity index (χ0) is 18.9. The van der Waals surface area contributed by atoms with Crippen LogP contribution in [0.15, 0.2) is 47.4 Å². The van der Waals surface area contributed by atoms with Crippen molar-refractivity contribution in [1.82, 2.24) is 10.2 Å². The van der Waals surface area contributed by atoms with Crippen LogP contribution in [0.5, 0.6) is 0 Å². The first-order valence-electron chi connectivity index (χ1n) is 8.66. The third kappa shape index (κ3) is 6.42. The van der Waals surface area contributed by atoms with Crippen LogP contribution in [-0.4, -0.2) is 29.6 Å². The molecule has 0 radical (unpaired) electrons. The van der Waals surface area contributed by atoms with Crippen molar-refractivity contribution in [3.05, 3.63) is 65.2 Å². The van der Waals surface area contributed by atoms with Gasteiger partial charge in [0.1, 0.15) is 11.6 Å². The van der Waals surface area contributed by atoms with Gasteiger partial charge in [-0.25, -0.2) is 8.78 Å². The second kappa shape index (κ2) is 10.3. The number of hydrogen-bond acceptors (Lipinski definition) is 3. The van der Waals surface area contributed by atoms with Crippen LogP contribution in [0.1, 0.15) is 25.0 Å². The van der Waals surface area contributed by atoms with Gasteiger partial charge in [-0.15, -0.1) is 11.8 Å². The third-order valence-corrected chi connectivity index (χ3v) is 5.10. The van der Waals surface area contributed by atoms with Gasteiger partial charge in [0, 0.05) is 18.0 Å². The topological polar surface area (TPSA) is 32.3 Å². The lowest BCUT2D eigenvalue weighted by molar-refractivity contribution is -0.118. The molecule has 0 aromatic heterocycles. The summed E-state index contributed by atoms with van der Waals surface area (Å²) in [6.45, 7) is 7.63. The third-order valence-electron chi connectivity index (χ3n) is 4.07. The van der Waals surface area contributed by atoms with Crippen molar-refractivity contribution < 1.29 is 13.6 Å². The molecule has 0 aliphatic heterocycles. The predicted molar refractivity (Wildman–Crippen MR) is 102 cm³/mol. The Hall–Kier alpha value is -1.92. The minimum Gasteiger partial charge on any atom is -0.351 e. The lowest BCUT2D eigenvalue weighted by Gasteiger charge is -2.18. The highest BCUT2D eigenvalue weighted by Crippen LogP contribution is 2.22. The zero-order valence-corrected chi connectivity index (χ0v) is 15.9. The molecule has 0 atom stereocenters. The molecule has 0 fully saturated rings. The molecule has 1 N–H and O–H groups in total. The molecule has 6 heteroatoms. The fraction of sp³-hybridized carbons (Fsp3) is 0.350. The Bertz CT molecular complexity index is 718. The van der Waals surface area contributed by atoms with Crippen LogP contribution >= 0.6 is 11.8 Å². The average Bonchev–Trinajstić information content (AvgIpc) is 2.66. The maximum absolute atomic E-state index is 13.5. The first-order valence-corrected chi connectivity index (χ1v) is 9.65. The van der Waals surface area contributed by atoms with E-state index in [1.54, 1.807) is 0 Å². The number of amides is 1. The summed E-state index contributed by atoms with van der Waals surface area (Å²) in [7, 11) is 0. The van der Waals surface area contributed by atoms with E-state index in [-0.39, 0.29) is 16.6 Å². The SMILES string of the molecule is CCN(CC)Cc1ccc(CNC(=O)CSc2cc(F)ccc2F)cc1. The Morgan fingerprint density at radius 2 is 1.69 bits per heavy atom. The van der Waals surface area contributed by atoms with Crippen LogP contribution in [0, 0.1) is 11.6 Å². The first kappa shape index (κ1) is 20.4. The Morgan fingerprint density at radius 3 is 2.35 bits per heavy atom. The molecule has 3 nitrogen and oxygen atoms in total. The van der Waals surface area contributed by atoms with Gasteiger partial charge in [0.05, 0.1) is 5.75 Å². The average molecular weight is 378 g/mol. The number of nitrogens with zero attached hydrogens (tertiary/aromatic N) is 1. The van der Waals surface area contributed by atoms with E-state index in [9.17, 15) is 13.6 Å². The summed E-state index contributed by atoms with van der Waals surface area (Å²) in [5.41, 5.74) is 2.24. The molecule has 140 valence electrons. The highest BCUT2D eigenvalue weighted by Gasteiger charge is 2.08. The lowest BCUT2D eigenvalue weighted by atomic mass is 10.1. The quantitative estimate of drug-likeness (QED) is 0.663. The molecule has 2 rings (SSSR count). The molecule has 0 aliphatic rings. The molecule has 0 aliphatic carbocycles. The Kier molecular flexibility index (Phi) is 8.06.